The highest BCUT2D eigenvalue weighted by Crippen LogP contribution is 2.47. The van der Waals surface area contributed by atoms with Crippen molar-refractivity contribution >= 4 is 29.2 Å². The second-order valence-corrected chi connectivity index (χ2v) is 7.71. The van der Waals surface area contributed by atoms with Gasteiger partial charge in [-0.3, -0.25) is 19.4 Å². The zero-order chi connectivity index (χ0) is 24.5. The fraction of sp³-hybridized carbons (Fsp3) is 0.500. The summed E-state index contributed by atoms with van der Waals surface area (Å²) in [4.78, 5) is 39.4. The predicted molar refractivity (Wildman–Crippen MR) is 110 cm³/mol. The van der Waals surface area contributed by atoms with Gasteiger partial charge in [0.1, 0.15) is 36.7 Å². The predicted octanol–water partition coefficient (Wildman–Crippen LogP) is 0.167. The van der Waals surface area contributed by atoms with Gasteiger partial charge in [-0.05, 0) is 13.0 Å². The van der Waals surface area contributed by atoms with Crippen LogP contribution in [0.25, 0.3) is 5.52 Å². The normalized spacial score (nSPS) is 24.2. The molecule has 0 aliphatic carbocycles. The molecule has 13 heteroatoms. The smallest absolute Gasteiger partial charge is 0.303 e. The van der Waals surface area contributed by atoms with E-state index in [1.54, 1.807) is 7.05 Å². The van der Waals surface area contributed by atoms with Crippen molar-refractivity contribution in [2.24, 2.45) is 5.84 Å². The second-order valence-electron chi connectivity index (χ2n) is 7.71. The number of nitrogens with zero attached hydrogens (tertiary/aromatic N) is 5. The summed E-state index contributed by atoms with van der Waals surface area (Å²) in [7, 11) is 1.55. The van der Waals surface area contributed by atoms with Crippen LogP contribution in [-0.4, -0.2) is 64.0 Å². The first-order chi connectivity index (χ1) is 15.5. The number of ether oxygens (including phenoxy) is 4. The number of carbonyl (C=O) groups is 3. The van der Waals surface area contributed by atoms with E-state index in [0.29, 0.717) is 11.2 Å². The Bertz CT molecular complexity index is 1140. The third kappa shape index (κ3) is 4.43. The Morgan fingerprint density at radius 2 is 2.00 bits per heavy atom. The lowest BCUT2D eigenvalue weighted by atomic mass is 9.90. The maximum absolute atomic E-state index is 12.0. The lowest BCUT2D eigenvalue weighted by Crippen LogP contribution is -2.49. The van der Waals surface area contributed by atoms with Crippen LogP contribution in [0.3, 0.4) is 0 Å². The molecule has 2 aromatic rings. The number of hydrogen-bond donors (Lipinski definition) is 1. The molecule has 0 unspecified atom stereocenters. The van der Waals surface area contributed by atoms with Crippen molar-refractivity contribution in [2.75, 3.05) is 18.7 Å². The number of hydrogen-bond acceptors (Lipinski definition) is 12. The van der Waals surface area contributed by atoms with Gasteiger partial charge in [-0.1, -0.05) is 0 Å². The monoisotopic (exact) mass is 460 g/mol. The average Bonchev–Trinajstić information content (AvgIpc) is 3.21. The summed E-state index contributed by atoms with van der Waals surface area (Å²) in [5.74, 6) is 4.26. The molecule has 0 bridgehead atoms. The first-order valence-electron chi connectivity index (χ1n) is 9.90. The number of hydrazine groups is 1. The molecule has 0 spiro atoms. The highest BCUT2D eigenvalue weighted by Gasteiger charge is 2.60. The van der Waals surface area contributed by atoms with Gasteiger partial charge in [0.25, 0.3) is 0 Å². The van der Waals surface area contributed by atoms with E-state index >= 15 is 0 Å². The Morgan fingerprint density at radius 3 is 2.55 bits per heavy atom. The molecule has 1 fully saturated rings. The molecule has 2 aromatic heterocycles. The highest BCUT2D eigenvalue weighted by molar-refractivity contribution is 5.77. The van der Waals surface area contributed by atoms with Crippen molar-refractivity contribution in [2.45, 2.75) is 51.6 Å². The number of rotatable bonds is 6. The Balaban J connectivity index is 2.21. The molecule has 0 amide bonds. The average molecular weight is 460 g/mol. The molecule has 0 saturated carbocycles. The summed E-state index contributed by atoms with van der Waals surface area (Å²) < 4.78 is 23.7. The third-order valence-corrected chi connectivity index (χ3v) is 5.13. The molecule has 13 nitrogen and oxygen atoms in total. The summed E-state index contributed by atoms with van der Waals surface area (Å²) in [5, 5.41) is 15.2. The number of esters is 3. The van der Waals surface area contributed by atoms with Crippen LogP contribution in [0, 0.1) is 11.3 Å². The SMILES string of the molecule is CC(=O)OC[C@H]1O[C@@H](c2cc(C#N)c3c(N(C)N)ncnn23)[C@](C)(OC(C)=O)[C@@H]1OC(C)=O. The fourth-order valence-corrected chi connectivity index (χ4v) is 3.97. The van der Waals surface area contributed by atoms with Crippen molar-refractivity contribution in [1.29, 1.82) is 5.26 Å². The van der Waals surface area contributed by atoms with Crippen molar-refractivity contribution in [3.63, 3.8) is 0 Å². The number of nitriles is 1. The van der Waals surface area contributed by atoms with Crippen molar-refractivity contribution in [3.8, 4) is 6.07 Å². The maximum atomic E-state index is 12.0. The Labute approximate surface area is 188 Å². The molecular formula is C20H24N6O7. The minimum atomic E-state index is -1.55. The van der Waals surface area contributed by atoms with Gasteiger partial charge >= 0.3 is 17.9 Å². The minimum absolute atomic E-state index is 0.194. The van der Waals surface area contributed by atoms with Crippen LogP contribution in [0.5, 0.6) is 0 Å². The lowest BCUT2D eigenvalue weighted by Gasteiger charge is -2.33. The zero-order valence-corrected chi connectivity index (χ0v) is 18.8. The van der Waals surface area contributed by atoms with Crippen LogP contribution < -0.4 is 10.9 Å². The first-order valence-corrected chi connectivity index (χ1v) is 9.90. The van der Waals surface area contributed by atoms with Crippen LogP contribution in [0.15, 0.2) is 12.4 Å². The minimum Gasteiger partial charge on any atom is -0.463 e. The van der Waals surface area contributed by atoms with Crippen LogP contribution in [0.1, 0.15) is 45.1 Å². The number of anilines is 1. The molecular weight excluding hydrogens is 436 g/mol. The topological polar surface area (TPSA) is 171 Å². The zero-order valence-electron chi connectivity index (χ0n) is 18.8. The molecule has 1 aliphatic heterocycles. The molecule has 1 aliphatic rings. The van der Waals surface area contributed by atoms with Crippen LogP contribution in [0.2, 0.25) is 0 Å². The summed E-state index contributed by atoms with van der Waals surface area (Å²) >= 11 is 0. The van der Waals surface area contributed by atoms with E-state index in [4.69, 9.17) is 24.8 Å². The van der Waals surface area contributed by atoms with E-state index in [-0.39, 0.29) is 18.0 Å². The molecule has 33 heavy (non-hydrogen) atoms. The van der Waals surface area contributed by atoms with Gasteiger partial charge in [0.2, 0.25) is 0 Å². The quantitative estimate of drug-likeness (QED) is 0.268. The first kappa shape index (κ1) is 23.9. The summed E-state index contributed by atoms with van der Waals surface area (Å²) in [5.41, 5.74) is -0.734. The summed E-state index contributed by atoms with van der Waals surface area (Å²) in [6, 6.07) is 3.57. The van der Waals surface area contributed by atoms with E-state index in [9.17, 15) is 19.6 Å². The van der Waals surface area contributed by atoms with Crippen molar-refractivity contribution < 1.29 is 33.3 Å². The fourth-order valence-electron chi connectivity index (χ4n) is 3.97. The van der Waals surface area contributed by atoms with Gasteiger partial charge in [-0.2, -0.15) is 10.4 Å². The van der Waals surface area contributed by atoms with Gasteiger partial charge in [-0.25, -0.2) is 15.3 Å². The molecule has 176 valence electrons. The maximum Gasteiger partial charge on any atom is 0.303 e. The van der Waals surface area contributed by atoms with E-state index in [0.717, 1.165) is 0 Å². The molecule has 3 heterocycles. The van der Waals surface area contributed by atoms with E-state index in [2.05, 4.69) is 16.2 Å². The van der Waals surface area contributed by atoms with E-state index in [1.807, 2.05) is 0 Å². The van der Waals surface area contributed by atoms with Gasteiger partial charge in [-0.15, -0.1) is 0 Å². The number of carbonyl (C=O) groups excluding carboxylic acids is 3. The Morgan fingerprint density at radius 1 is 1.30 bits per heavy atom. The van der Waals surface area contributed by atoms with Gasteiger partial charge in [0.15, 0.2) is 17.5 Å². The lowest BCUT2D eigenvalue weighted by molar-refractivity contribution is -0.181. The van der Waals surface area contributed by atoms with Crippen molar-refractivity contribution in [3.05, 3.63) is 23.7 Å². The molecule has 2 N–H and O–H groups in total. The Hall–Kier alpha value is -3.76. The molecule has 3 rings (SSSR count). The number of aromatic nitrogens is 3. The highest BCUT2D eigenvalue weighted by atomic mass is 16.7. The van der Waals surface area contributed by atoms with E-state index < -0.39 is 41.8 Å². The molecule has 0 aromatic carbocycles. The van der Waals surface area contributed by atoms with Gasteiger partial charge < -0.3 is 18.9 Å². The third-order valence-electron chi connectivity index (χ3n) is 5.13. The Kier molecular flexibility index (Phi) is 6.52. The van der Waals surface area contributed by atoms with E-state index in [1.165, 1.54) is 49.6 Å². The summed E-state index contributed by atoms with van der Waals surface area (Å²) in [6.45, 7) is 4.89. The van der Waals surface area contributed by atoms with Crippen LogP contribution >= 0.6 is 0 Å². The standard InChI is InChI=1S/C20H24N6O7/c1-10(27)30-8-15-18(31-11(2)28)20(4,33-12(3)29)17(32-15)14-6-13(7-21)16-19(25(5)22)23-9-24-26(14)16/h6,9,15,17-18H,8,22H2,1-5H3/t15-,17+,18-,20+/m1/s1. The van der Waals surface area contributed by atoms with Crippen molar-refractivity contribution in [1.82, 2.24) is 14.6 Å². The van der Waals surface area contributed by atoms with Gasteiger partial charge in [0.05, 0.1) is 11.3 Å². The number of fused-ring (bicyclic) bond motifs is 1. The van der Waals surface area contributed by atoms with Crippen LogP contribution in [-0.2, 0) is 33.3 Å². The number of nitrogens with two attached hydrogens (primary N) is 1. The van der Waals surface area contributed by atoms with Gasteiger partial charge in [0, 0.05) is 27.8 Å². The second kappa shape index (κ2) is 9.00. The van der Waals surface area contributed by atoms with Crippen LogP contribution in [0.4, 0.5) is 5.82 Å². The molecule has 1 saturated heterocycles. The summed E-state index contributed by atoms with van der Waals surface area (Å²) in [6.07, 6.45) is -1.92. The molecule has 4 atom stereocenters. The molecule has 0 radical (unpaired) electrons. The largest absolute Gasteiger partial charge is 0.463 e.